The summed E-state index contributed by atoms with van der Waals surface area (Å²) in [7, 11) is 1.58. The minimum atomic E-state index is -0.425. The molecule has 202 valence electrons. The van der Waals surface area contributed by atoms with Gasteiger partial charge in [0.1, 0.15) is 11.4 Å². The monoisotopic (exact) mass is 518 g/mol. The quantitative estimate of drug-likeness (QED) is 0.195. The van der Waals surface area contributed by atoms with E-state index in [9.17, 15) is 4.79 Å². The second kappa shape index (κ2) is 12.7. The number of methoxy groups -OCH3 is 1. The van der Waals surface area contributed by atoms with Crippen molar-refractivity contribution in [3.05, 3.63) is 65.5 Å². The molecule has 8 heteroatoms. The molecule has 0 spiro atoms. The summed E-state index contributed by atoms with van der Waals surface area (Å²) in [5, 5.41) is 5.11. The van der Waals surface area contributed by atoms with Crippen LogP contribution in [-0.4, -0.2) is 61.5 Å². The Kier molecular flexibility index (Phi) is 9.18. The molecule has 1 aliphatic heterocycles. The van der Waals surface area contributed by atoms with Crippen LogP contribution in [0.15, 0.2) is 53.7 Å². The van der Waals surface area contributed by atoms with Gasteiger partial charge in [-0.1, -0.05) is 63.6 Å². The molecule has 1 aliphatic rings. The first kappa shape index (κ1) is 27.4. The summed E-state index contributed by atoms with van der Waals surface area (Å²) in [5.41, 5.74) is 5.17. The minimum absolute atomic E-state index is 0.251. The Morgan fingerprint density at radius 3 is 2.47 bits per heavy atom. The molecule has 0 bridgehead atoms. The summed E-state index contributed by atoms with van der Waals surface area (Å²) >= 11 is 0. The Labute approximate surface area is 224 Å². The lowest BCUT2D eigenvalue weighted by Gasteiger charge is -2.28. The summed E-state index contributed by atoms with van der Waals surface area (Å²) in [6.07, 6.45) is 3.16. The number of esters is 1. The van der Waals surface area contributed by atoms with Crippen LogP contribution in [-0.2, 0) is 20.6 Å². The number of anilines is 1. The summed E-state index contributed by atoms with van der Waals surface area (Å²) in [6.45, 7) is 13.1. The molecular formula is C30H38N4O4. The molecule has 3 aromatic rings. The number of carbonyl (C=O) groups excluding carboxylic acids is 1. The van der Waals surface area contributed by atoms with Crippen LogP contribution in [0, 0.1) is 0 Å². The van der Waals surface area contributed by atoms with Crippen molar-refractivity contribution < 1.29 is 19.0 Å². The van der Waals surface area contributed by atoms with E-state index in [4.69, 9.17) is 24.3 Å². The van der Waals surface area contributed by atoms with E-state index in [1.54, 1.807) is 7.11 Å². The highest BCUT2D eigenvalue weighted by Gasteiger charge is 2.32. The highest BCUT2D eigenvalue weighted by molar-refractivity contribution is 6.13. The maximum atomic E-state index is 13.7. The average molecular weight is 519 g/mol. The molecule has 4 rings (SSSR count). The number of ether oxygens (including phenoxy) is 3. The van der Waals surface area contributed by atoms with Gasteiger partial charge in [0.05, 0.1) is 43.7 Å². The molecule has 1 saturated heterocycles. The molecule has 2 aromatic heterocycles. The molecular weight excluding hydrogens is 480 g/mol. The molecule has 1 fully saturated rings. The van der Waals surface area contributed by atoms with Crippen molar-refractivity contribution in [2.45, 2.75) is 46.5 Å². The van der Waals surface area contributed by atoms with Gasteiger partial charge >= 0.3 is 5.97 Å². The maximum Gasteiger partial charge on any atom is 0.341 e. The SMILES string of the molecule is C=C(CCC)N=C(OC)c1c(C(=O)OCC)c2c(-c3ccccc3)cc(N3CCOCC3)nn2c1CCC. The Bertz CT molecular complexity index is 1310. The van der Waals surface area contributed by atoms with Crippen LogP contribution < -0.4 is 4.90 Å². The number of hydrogen-bond donors (Lipinski definition) is 0. The zero-order valence-electron chi connectivity index (χ0n) is 23.0. The first-order valence-electron chi connectivity index (χ1n) is 13.5. The molecule has 0 aliphatic carbocycles. The first-order chi connectivity index (χ1) is 18.5. The lowest BCUT2D eigenvalue weighted by atomic mass is 10.0. The fraction of sp³-hybridized carbons (Fsp3) is 0.433. The van der Waals surface area contributed by atoms with Crippen molar-refractivity contribution in [3.8, 4) is 11.1 Å². The number of rotatable bonds is 10. The van der Waals surface area contributed by atoms with E-state index in [-0.39, 0.29) is 6.61 Å². The van der Waals surface area contributed by atoms with Crippen molar-refractivity contribution in [3.63, 3.8) is 0 Å². The van der Waals surface area contributed by atoms with E-state index in [2.05, 4.69) is 31.4 Å². The zero-order chi connectivity index (χ0) is 27.1. The third-order valence-corrected chi connectivity index (χ3v) is 6.57. The van der Waals surface area contributed by atoms with Gasteiger partial charge in [0.15, 0.2) is 0 Å². The van der Waals surface area contributed by atoms with Crippen molar-refractivity contribution in [1.29, 1.82) is 0 Å². The van der Waals surface area contributed by atoms with Gasteiger partial charge in [-0.3, -0.25) is 0 Å². The Morgan fingerprint density at radius 2 is 1.84 bits per heavy atom. The lowest BCUT2D eigenvalue weighted by molar-refractivity contribution is 0.0528. The standard InChI is InChI=1S/C30H38N4O4/c1-6-12-21(4)31-29(36-5)26-24(13-7-2)34-28(27(26)30(35)38-8-3)23(22-14-10-9-11-15-22)20-25(32-34)33-16-18-37-19-17-33/h9-11,14-15,20H,4,6-8,12-13,16-19H2,1-3,5H3. The van der Waals surface area contributed by atoms with E-state index >= 15 is 0 Å². The molecule has 8 nitrogen and oxygen atoms in total. The zero-order valence-corrected chi connectivity index (χ0v) is 23.0. The first-order valence-corrected chi connectivity index (χ1v) is 13.5. The van der Waals surface area contributed by atoms with Crippen LogP contribution in [0.3, 0.4) is 0 Å². The van der Waals surface area contributed by atoms with E-state index < -0.39 is 5.97 Å². The predicted molar refractivity (Wildman–Crippen MR) is 151 cm³/mol. The Balaban J connectivity index is 2.12. The topological polar surface area (TPSA) is 77.7 Å². The van der Waals surface area contributed by atoms with Crippen molar-refractivity contribution in [2.75, 3.05) is 44.9 Å². The number of fused-ring (bicyclic) bond motifs is 1. The van der Waals surface area contributed by atoms with Gasteiger partial charge in [-0.15, -0.1) is 5.10 Å². The van der Waals surface area contributed by atoms with Gasteiger partial charge in [0.25, 0.3) is 0 Å². The van der Waals surface area contributed by atoms with Gasteiger partial charge in [-0.2, -0.15) is 0 Å². The number of hydrogen-bond acceptors (Lipinski definition) is 7. The largest absolute Gasteiger partial charge is 0.480 e. The highest BCUT2D eigenvalue weighted by atomic mass is 16.5. The maximum absolute atomic E-state index is 13.7. The minimum Gasteiger partial charge on any atom is -0.480 e. The van der Waals surface area contributed by atoms with Crippen LogP contribution in [0.4, 0.5) is 5.82 Å². The number of aromatic nitrogens is 2. The van der Waals surface area contributed by atoms with Crippen molar-refractivity contribution >= 4 is 23.2 Å². The molecule has 1 aromatic carbocycles. The van der Waals surface area contributed by atoms with E-state index in [0.717, 1.165) is 55.0 Å². The van der Waals surface area contributed by atoms with Gasteiger partial charge in [-0.25, -0.2) is 14.3 Å². The van der Waals surface area contributed by atoms with Gasteiger partial charge < -0.3 is 19.1 Å². The molecule has 0 amide bonds. The molecule has 3 heterocycles. The Morgan fingerprint density at radius 1 is 1.11 bits per heavy atom. The summed E-state index contributed by atoms with van der Waals surface area (Å²) in [4.78, 5) is 20.6. The third kappa shape index (κ3) is 5.60. The van der Waals surface area contributed by atoms with Gasteiger partial charge in [0.2, 0.25) is 5.90 Å². The second-order valence-corrected chi connectivity index (χ2v) is 9.25. The fourth-order valence-corrected chi connectivity index (χ4v) is 4.87. The number of morpholine rings is 1. The van der Waals surface area contributed by atoms with Crippen LogP contribution in [0.2, 0.25) is 0 Å². The molecule has 0 unspecified atom stereocenters. The number of aliphatic imine (C=N–C) groups is 1. The summed E-state index contributed by atoms with van der Waals surface area (Å²) in [6, 6.07) is 12.1. The smallest absolute Gasteiger partial charge is 0.341 e. The molecule has 38 heavy (non-hydrogen) atoms. The summed E-state index contributed by atoms with van der Waals surface area (Å²) in [5.74, 6) is 0.763. The van der Waals surface area contributed by atoms with E-state index in [1.807, 2.05) is 41.8 Å². The fourth-order valence-electron chi connectivity index (χ4n) is 4.87. The van der Waals surface area contributed by atoms with Gasteiger partial charge in [0, 0.05) is 24.4 Å². The van der Waals surface area contributed by atoms with Crippen LogP contribution in [0.25, 0.3) is 16.6 Å². The number of benzene rings is 1. The van der Waals surface area contributed by atoms with Crippen LogP contribution in [0.1, 0.15) is 61.6 Å². The molecule has 0 N–H and O–H groups in total. The molecule has 0 atom stereocenters. The predicted octanol–water partition coefficient (Wildman–Crippen LogP) is 5.67. The van der Waals surface area contributed by atoms with Crippen LogP contribution in [0.5, 0.6) is 0 Å². The Hall–Kier alpha value is -3.65. The van der Waals surface area contributed by atoms with Crippen molar-refractivity contribution in [1.82, 2.24) is 9.61 Å². The lowest BCUT2D eigenvalue weighted by Crippen LogP contribution is -2.37. The average Bonchev–Trinajstić information content (AvgIpc) is 3.26. The van der Waals surface area contributed by atoms with Crippen LogP contribution >= 0.6 is 0 Å². The molecule has 0 saturated carbocycles. The number of aryl methyl sites for hydroxylation is 1. The highest BCUT2D eigenvalue weighted by Crippen LogP contribution is 2.36. The summed E-state index contributed by atoms with van der Waals surface area (Å²) < 4.78 is 19.0. The molecule has 0 radical (unpaired) electrons. The van der Waals surface area contributed by atoms with Gasteiger partial charge in [-0.05, 0) is 31.4 Å². The van der Waals surface area contributed by atoms with Crippen molar-refractivity contribution in [2.24, 2.45) is 4.99 Å². The number of nitrogens with zero attached hydrogens (tertiary/aromatic N) is 4. The number of carbonyl (C=O) groups is 1. The third-order valence-electron chi connectivity index (χ3n) is 6.57. The normalized spacial score (nSPS) is 14.1. The second-order valence-electron chi connectivity index (χ2n) is 9.25. The van der Waals surface area contributed by atoms with E-state index in [1.165, 1.54) is 0 Å². The number of allylic oxidation sites excluding steroid dienone is 1. The van der Waals surface area contributed by atoms with E-state index in [0.29, 0.717) is 47.9 Å².